The van der Waals surface area contributed by atoms with Crippen LogP contribution in [0.2, 0.25) is 0 Å². The molecule has 250 valence electrons. The van der Waals surface area contributed by atoms with Crippen molar-refractivity contribution in [1.29, 1.82) is 5.41 Å². The first-order valence-electron chi connectivity index (χ1n) is 17.6. The summed E-state index contributed by atoms with van der Waals surface area (Å²) in [5.41, 5.74) is 15.6. The molecule has 0 radical (unpaired) electrons. The topological polar surface area (TPSA) is 53.1 Å². The van der Waals surface area contributed by atoms with Gasteiger partial charge in [-0.3, -0.25) is 15.3 Å². The van der Waals surface area contributed by atoms with E-state index in [1.54, 1.807) is 0 Å². The lowest BCUT2D eigenvalue weighted by Gasteiger charge is -2.34. The minimum absolute atomic E-state index is 0.254. The maximum Gasteiger partial charge on any atom is 0.146 e. The fourth-order valence-corrected chi connectivity index (χ4v) is 7.20. The molecular weight excluding hydrogens is 611 g/mol. The fourth-order valence-electron chi connectivity index (χ4n) is 7.20. The van der Waals surface area contributed by atoms with E-state index in [4.69, 9.17) is 9.40 Å². The number of nitrogens with one attached hydrogen (secondary N) is 1. The number of hydrogen-bond acceptors (Lipinski definition) is 3. The smallest absolute Gasteiger partial charge is 0.146 e. The molecule has 0 bridgehead atoms. The van der Waals surface area contributed by atoms with Crippen LogP contribution in [0.4, 0.5) is 11.4 Å². The van der Waals surface area contributed by atoms with Crippen molar-refractivity contribution in [2.45, 2.75) is 67.2 Å². The lowest BCUT2D eigenvalue weighted by Crippen LogP contribution is -2.30. The Kier molecular flexibility index (Phi) is 8.65. The number of rotatable bonds is 7. The summed E-state index contributed by atoms with van der Waals surface area (Å²) in [7, 11) is 0. The highest BCUT2D eigenvalue weighted by molar-refractivity contribution is 6.21. The van der Waals surface area contributed by atoms with E-state index >= 15 is 0 Å². The molecule has 0 fully saturated rings. The van der Waals surface area contributed by atoms with Gasteiger partial charge in [-0.25, -0.2) is 0 Å². The van der Waals surface area contributed by atoms with E-state index in [0.717, 1.165) is 67.0 Å². The number of hydrogen-bond donors (Lipinski definition) is 1. The summed E-state index contributed by atoms with van der Waals surface area (Å²) in [6, 6.07) is 38.5. The van der Waals surface area contributed by atoms with Crippen molar-refractivity contribution in [1.82, 2.24) is 4.98 Å². The molecule has 7 rings (SSSR count). The average Bonchev–Trinajstić information content (AvgIpc) is 3.49. The number of aryl methyl sites for hydroxylation is 3. The van der Waals surface area contributed by atoms with E-state index in [9.17, 15) is 5.41 Å². The Morgan fingerprint density at radius 3 is 1.88 bits per heavy atom. The Morgan fingerprint density at radius 1 is 0.640 bits per heavy atom. The van der Waals surface area contributed by atoms with Gasteiger partial charge in [0.05, 0.1) is 16.9 Å². The second-order valence-electron chi connectivity index (χ2n) is 14.2. The number of aromatic nitrogens is 1. The SMILES string of the molecule is Cc1cc(C(C)C)c(N(C(=N)c2cccc3c2oc2cc(-c4ccc(-c5ccccc5)cc4)ccc23)c2cc(C)nc(C)c2C)c(C(C)C)c1. The van der Waals surface area contributed by atoms with Crippen LogP contribution < -0.4 is 4.90 Å². The van der Waals surface area contributed by atoms with Crippen molar-refractivity contribution in [3.8, 4) is 22.3 Å². The third-order valence-corrected chi connectivity index (χ3v) is 9.94. The zero-order valence-corrected chi connectivity index (χ0v) is 30.3. The van der Waals surface area contributed by atoms with Crippen LogP contribution in [0.25, 0.3) is 44.2 Å². The summed E-state index contributed by atoms with van der Waals surface area (Å²) in [6.07, 6.45) is 0. The number of nitrogens with zero attached hydrogens (tertiary/aromatic N) is 2. The van der Waals surface area contributed by atoms with E-state index in [-0.39, 0.29) is 11.8 Å². The van der Waals surface area contributed by atoms with Gasteiger partial charge in [-0.2, -0.15) is 0 Å². The third-order valence-electron chi connectivity index (χ3n) is 9.94. The van der Waals surface area contributed by atoms with Gasteiger partial charge in [-0.1, -0.05) is 118 Å². The zero-order valence-electron chi connectivity index (χ0n) is 30.3. The standard InChI is InChI=1S/C46H45N3O/c1-27(2)40-23-29(5)24-41(28(3)4)44(40)49(42-25-30(6)48-32(8)31(42)7)46(47)39-16-12-15-38-37-22-21-36(26-43(37)50-45(38)39)35-19-17-34(18-20-35)33-13-10-9-11-14-33/h9-28,47H,1-8H3. The molecule has 0 aliphatic carbocycles. The monoisotopic (exact) mass is 655 g/mol. The number of pyridine rings is 1. The molecule has 4 heteroatoms. The summed E-state index contributed by atoms with van der Waals surface area (Å²) in [4.78, 5) is 6.96. The first-order valence-corrected chi connectivity index (χ1v) is 17.6. The number of anilines is 2. The first kappa shape index (κ1) is 33.0. The third kappa shape index (κ3) is 5.89. The van der Waals surface area contributed by atoms with Gasteiger partial charge in [-0.15, -0.1) is 0 Å². The predicted molar refractivity (Wildman–Crippen MR) is 211 cm³/mol. The summed E-state index contributed by atoms with van der Waals surface area (Å²) in [5.74, 6) is 0.889. The Bertz CT molecular complexity index is 2350. The van der Waals surface area contributed by atoms with Gasteiger partial charge < -0.3 is 4.42 Å². The quantitative estimate of drug-likeness (QED) is 0.137. The number of para-hydroxylation sites is 1. The second kappa shape index (κ2) is 13.1. The highest BCUT2D eigenvalue weighted by atomic mass is 16.3. The van der Waals surface area contributed by atoms with Crippen LogP contribution >= 0.6 is 0 Å². The minimum Gasteiger partial charge on any atom is -0.455 e. The minimum atomic E-state index is 0.254. The van der Waals surface area contributed by atoms with Crippen molar-refractivity contribution in [3.05, 3.63) is 148 Å². The molecule has 0 spiro atoms. The summed E-state index contributed by atoms with van der Waals surface area (Å²) < 4.78 is 6.75. The Labute approximate surface area is 295 Å². The summed E-state index contributed by atoms with van der Waals surface area (Å²) in [5, 5.41) is 12.1. The van der Waals surface area contributed by atoms with Crippen molar-refractivity contribution in [2.75, 3.05) is 4.90 Å². The van der Waals surface area contributed by atoms with Crippen LogP contribution in [0.15, 0.2) is 114 Å². The molecule has 2 aromatic heterocycles. The Balaban J connectivity index is 1.40. The summed E-state index contributed by atoms with van der Waals surface area (Å²) in [6.45, 7) is 17.4. The van der Waals surface area contributed by atoms with Crippen LogP contribution in [0, 0.1) is 33.1 Å². The van der Waals surface area contributed by atoms with Gasteiger partial charge in [0.2, 0.25) is 0 Å². The highest BCUT2D eigenvalue weighted by Gasteiger charge is 2.29. The van der Waals surface area contributed by atoms with E-state index in [1.807, 2.05) is 25.1 Å². The van der Waals surface area contributed by atoms with Crippen molar-refractivity contribution in [2.24, 2.45) is 0 Å². The van der Waals surface area contributed by atoms with Gasteiger partial charge in [0.25, 0.3) is 0 Å². The van der Waals surface area contributed by atoms with Crippen molar-refractivity contribution >= 4 is 39.1 Å². The van der Waals surface area contributed by atoms with Gasteiger partial charge in [0.1, 0.15) is 17.0 Å². The average molecular weight is 656 g/mol. The lowest BCUT2D eigenvalue weighted by molar-refractivity contribution is 0.668. The highest BCUT2D eigenvalue weighted by Crippen LogP contribution is 2.43. The van der Waals surface area contributed by atoms with E-state index in [0.29, 0.717) is 5.84 Å². The molecular formula is C46H45N3O. The molecule has 0 amide bonds. The number of furan rings is 1. The van der Waals surface area contributed by atoms with Crippen LogP contribution in [0.3, 0.4) is 0 Å². The predicted octanol–water partition coefficient (Wildman–Crippen LogP) is 13.0. The number of amidine groups is 1. The van der Waals surface area contributed by atoms with Crippen molar-refractivity contribution in [3.63, 3.8) is 0 Å². The van der Waals surface area contributed by atoms with Crippen LogP contribution in [0.5, 0.6) is 0 Å². The maximum absolute atomic E-state index is 10.1. The molecule has 0 saturated heterocycles. The molecule has 7 aromatic rings. The molecule has 50 heavy (non-hydrogen) atoms. The van der Waals surface area contributed by atoms with Crippen LogP contribution in [-0.4, -0.2) is 10.8 Å². The molecule has 0 aliphatic rings. The molecule has 2 heterocycles. The molecule has 0 atom stereocenters. The lowest BCUT2D eigenvalue weighted by atomic mass is 9.89. The molecule has 4 nitrogen and oxygen atoms in total. The number of fused-ring (bicyclic) bond motifs is 3. The largest absolute Gasteiger partial charge is 0.455 e. The fraction of sp³-hybridized carbons (Fsp3) is 0.217. The Hall–Kier alpha value is -5.48. The van der Waals surface area contributed by atoms with Gasteiger partial charge in [-0.05, 0) is 103 Å². The van der Waals surface area contributed by atoms with Crippen LogP contribution in [-0.2, 0) is 0 Å². The molecule has 1 N–H and O–H groups in total. The second-order valence-corrected chi connectivity index (χ2v) is 14.2. The molecule has 0 aliphatic heterocycles. The Morgan fingerprint density at radius 2 is 1.24 bits per heavy atom. The zero-order chi connectivity index (χ0) is 35.3. The normalized spacial score (nSPS) is 11.6. The number of benzene rings is 5. The van der Waals surface area contributed by atoms with E-state index < -0.39 is 0 Å². The van der Waals surface area contributed by atoms with E-state index in [1.165, 1.54) is 27.8 Å². The van der Waals surface area contributed by atoms with Crippen LogP contribution in [0.1, 0.15) is 78.7 Å². The van der Waals surface area contributed by atoms with Gasteiger partial charge in [0, 0.05) is 22.2 Å². The molecule has 5 aromatic carbocycles. The molecule has 0 saturated carbocycles. The van der Waals surface area contributed by atoms with Gasteiger partial charge >= 0.3 is 0 Å². The van der Waals surface area contributed by atoms with Crippen molar-refractivity contribution < 1.29 is 4.42 Å². The summed E-state index contributed by atoms with van der Waals surface area (Å²) >= 11 is 0. The maximum atomic E-state index is 10.1. The van der Waals surface area contributed by atoms with E-state index in [2.05, 4.69) is 144 Å². The van der Waals surface area contributed by atoms with Gasteiger partial charge in [0.15, 0.2) is 0 Å². The first-order chi connectivity index (χ1) is 24.0. The molecule has 0 unspecified atom stereocenters.